The van der Waals surface area contributed by atoms with Crippen molar-refractivity contribution < 1.29 is 0 Å². The minimum atomic E-state index is -2.71. The topological polar surface area (TPSA) is 19.7 Å². The molecule has 4 nitrogen and oxygen atoms in total. The van der Waals surface area contributed by atoms with E-state index in [0.29, 0.717) is 0 Å². The quantitative estimate of drug-likeness (QED) is 0.117. The average Bonchev–Trinajstić information content (AvgIpc) is 4.29. The Bertz CT molecular complexity index is 4480. The van der Waals surface area contributed by atoms with E-state index < -0.39 is 8.07 Å². The summed E-state index contributed by atoms with van der Waals surface area (Å²) in [7, 11) is -2.71. The Morgan fingerprint density at radius 1 is 0.213 bits per heavy atom. The second kappa shape index (κ2) is 14.0. The number of hydrogen-bond donors (Lipinski definition) is 0. The zero-order chi connectivity index (χ0) is 49.0. The molecular weight excluding hydrogens is 925 g/mol. The summed E-state index contributed by atoms with van der Waals surface area (Å²) in [6.45, 7) is 5.17. The number of hydrogen-bond acceptors (Lipinski definition) is 0. The molecule has 0 aliphatic carbocycles. The molecule has 5 heteroatoms. The molecule has 348 valence electrons. The van der Waals surface area contributed by atoms with Gasteiger partial charge in [-0.25, -0.2) is 0 Å². The maximum Gasteiger partial charge on any atom is 0.112 e. The lowest BCUT2D eigenvalue weighted by atomic mass is 10.0. The maximum atomic E-state index is 2.58. The number of aromatic nitrogens is 4. The largest absolute Gasteiger partial charge is 0.309 e. The SMILES string of the molecule is C[Si](C)(c1cc(-n2c3cccc4ccc5cccc2c5c43)cc(-n2c3cccc4ccc5cccc2c5c43)c1)c1cc(-n2c3cccc4ccc5cccc2c5c43)cc(-n2c3cccc4ccc5cccc2c5c43)c1. The number of nitrogens with zero attached hydrogens (tertiary/aromatic N) is 4. The van der Waals surface area contributed by atoms with Crippen LogP contribution in [0.15, 0.2) is 231 Å². The van der Waals surface area contributed by atoms with Crippen LogP contribution < -0.4 is 10.4 Å². The molecule has 4 aromatic heterocycles. The van der Waals surface area contributed by atoms with Gasteiger partial charge in [-0.15, -0.1) is 0 Å². The summed E-state index contributed by atoms with van der Waals surface area (Å²) in [4.78, 5) is 0. The number of rotatable bonds is 6. The highest BCUT2D eigenvalue weighted by Crippen LogP contribution is 2.44. The minimum absolute atomic E-state index is 1.17. The van der Waals surface area contributed by atoms with Crippen molar-refractivity contribution in [2.45, 2.75) is 13.1 Å². The highest BCUT2D eigenvalue weighted by Gasteiger charge is 2.32. The van der Waals surface area contributed by atoms with Gasteiger partial charge in [0.2, 0.25) is 0 Å². The van der Waals surface area contributed by atoms with E-state index in [9.17, 15) is 0 Å². The van der Waals surface area contributed by atoms with E-state index in [4.69, 9.17) is 0 Å². The van der Waals surface area contributed by atoms with Crippen molar-refractivity contribution in [2.75, 3.05) is 0 Å². The average molecular weight is 969 g/mol. The van der Waals surface area contributed by atoms with Crippen LogP contribution in [0.2, 0.25) is 13.1 Å². The normalized spacial score (nSPS) is 12.9. The van der Waals surface area contributed by atoms with E-state index >= 15 is 0 Å². The number of benzene rings is 14. The third kappa shape index (κ3) is 5.10. The maximum absolute atomic E-state index is 2.71. The lowest BCUT2D eigenvalue weighted by molar-refractivity contribution is 1.14. The summed E-state index contributed by atoms with van der Waals surface area (Å²) in [6, 6.07) is 88.0. The van der Waals surface area contributed by atoms with Crippen LogP contribution in [0.4, 0.5) is 0 Å². The van der Waals surface area contributed by atoms with Crippen LogP contribution in [0, 0.1) is 0 Å². The fraction of sp³-hybridized carbons (Fsp3) is 0.0286. The first kappa shape index (κ1) is 40.1. The highest BCUT2D eigenvalue weighted by atomic mass is 28.3. The van der Waals surface area contributed by atoms with E-state index in [1.54, 1.807) is 0 Å². The molecule has 0 fully saturated rings. The Labute approximate surface area is 431 Å². The third-order valence-electron chi connectivity index (χ3n) is 17.6. The monoisotopic (exact) mass is 968 g/mol. The molecule has 18 aromatic rings. The molecule has 0 saturated carbocycles. The standard InChI is InChI=1S/C70H44N4Si/c1-75(2,53-37-49(71-55-19-3-11-41-27-28-42-12-4-20-56(71)64(42)63(41)55)35-50(38-53)72-57-21-5-13-43-29-30-44-14-6-22-58(72)66(44)65(43)57)54-39-51(73-59-23-7-15-45-31-32-46-16-8-24-60(73)68(46)67(45)59)36-52(40-54)74-61-25-9-17-47-33-34-48-18-10-26-62(74)70(48)69(47)61/h3-40H,1-2H3. The van der Waals surface area contributed by atoms with Gasteiger partial charge in [-0.1, -0.05) is 169 Å². The first-order valence-corrected chi connectivity index (χ1v) is 29.2. The van der Waals surface area contributed by atoms with Gasteiger partial charge in [-0.2, -0.15) is 0 Å². The molecule has 0 N–H and O–H groups in total. The van der Waals surface area contributed by atoms with E-state index in [1.807, 2.05) is 0 Å². The Morgan fingerprint density at radius 2 is 0.387 bits per heavy atom. The Balaban J connectivity index is 0.964. The molecule has 0 amide bonds. The van der Waals surface area contributed by atoms with Gasteiger partial charge < -0.3 is 18.3 Å². The predicted octanol–water partition coefficient (Wildman–Crippen LogP) is 17.3. The Kier molecular flexibility index (Phi) is 7.48. The smallest absolute Gasteiger partial charge is 0.112 e. The van der Waals surface area contributed by atoms with Crippen LogP contribution in [-0.4, -0.2) is 26.3 Å². The molecule has 0 unspecified atom stereocenters. The van der Waals surface area contributed by atoms with Crippen LogP contribution in [-0.2, 0) is 0 Å². The van der Waals surface area contributed by atoms with Crippen LogP contribution in [0.3, 0.4) is 0 Å². The lowest BCUT2D eigenvalue weighted by Crippen LogP contribution is -2.53. The zero-order valence-electron chi connectivity index (χ0n) is 41.2. The van der Waals surface area contributed by atoms with Crippen molar-refractivity contribution in [2.24, 2.45) is 0 Å². The fourth-order valence-electron chi connectivity index (χ4n) is 14.2. The highest BCUT2D eigenvalue weighted by molar-refractivity contribution is 7.00. The molecule has 4 heterocycles. The van der Waals surface area contributed by atoms with Gasteiger partial charge in [0.15, 0.2) is 0 Å². The Morgan fingerprint density at radius 3 is 0.560 bits per heavy atom. The minimum Gasteiger partial charge on any atom is -0.309 e. The molecule has 0 aliphatic rings. The van der Waals surface area contributed by atoms with Crippen LogP contribution in [0.1, 0.15) is 0 Å². The summed E-state index contributed by atoms with van der Waals surface area (Å²) < 4.78 is 10.2. The first-order chi connectivity index (χ1) is 36.9. The second-order valence-corrected chi connectivity index (χ2v) is 26.1. The van der Waals surface area contributed by atoms with Crippen LogP contribution in [0.5, 0.6) is 0 Å². The van der Waals surface area contributed by atoms with Gasteiger partial charge in [-0.3, -0.25) is 0 Å². The zero-order valence-corrected chi connectivity index (χ0v) is 42.2. The van der Waals surface area contributed by atoms with Crippen molar-refractivity contribution in [3.63, 3.8) is 0 Å². The summed E-state index contributed by atoms with van der Waals surface area (Å²) in [6.07, 6.45) is 0. The van der Waals surface area contributed by atoms with Crippen LogP contribution >= 0.6 is 0 Å². The molecule has 0 spiro atoms. The summed E-state index contributed by atoms with van der Waals surface area (Å²) in [5, 5.41) is 23.5. The molecule has 0 saturated heterocycles. The molecular formula is C70H44N4Si. The predicted molar refractivity (Wildman–Crippen MR) is 322 cm³/mol. The van der Waals surface area contributed by atoms with Gasteiger partial charge in [0.05, 0.1) is 44.1 Å². The van der Waals surface area contributed by atoms with Crippen molar-refractivity contribution in [3.05, 3.63) is 231 Å². The molecule has 0 atom stereocenters. The summed E-state index contributed by atoms with van der Waals surface area (Å²) in [5.41, 5.74) is 14.5. The first-order valence-electron chi connectivity index (χ1n) is 26.2. The molecule has 18 rings (SSSR count). The van der Waals surface area contributed by atoms with Crippen molar-refractivity contribution in [1.82, 2.24) is 18.3 Å². The third-order valence-corrected chi connectivity index (χ3v) is 21.0. The van der Waals surface area contributed by atoms with E-state index in [0.717, 1.165) is 0 Å². The molecule has 14 aromatic carbocycles. The molecule has 0 aliphatic heterocycles. The Hall–Kier alpha value is -9.42. The van der Waals surface area contributed by atoms with Crippen molar-refractivity contribution >= 4 is 149 Å². The van der Waals surface area contributed by atoms with Gasteiger partial charge in [0.25, 0.3) is 0 Å². The van der Waals surface area contributed by atoms with Crippen molar-refractivity contribution in [3.8, 4) is 22.7 Å². The summed E-state index contributed by atoms with van der Waals surface area (Å²) in [5.74, 6) is 0. The lowest BCUT2D eigenvalue weighted by Gasteiger charge is -2.28. The van der Waals surface area contributed by atoms with Gasteiger partial charge in [-0.05, 0) is 128 Å². The van der Waals surface area contributed by atoms with E-state index in [2.05, 4.69) is 262 Å². The molecule has 0 bridgehead atoms. The van der Waals surface area contributed by atoms with E-state index in [-0.39, 0.29) is 0 Å². The second-order valence-electron chi connectivity index (χ2n) is 21.7. The molecule has 75 heavy (non-hydrogen) atoms. The van der Waals surface area contributed by atoms with Gasteiger partial charge in [0, 0.05) is 65.8 Å². The molecule has 0 radical (unpaired) electrons. The fourth-order valence-corrected chi connectivity index (χ4v) is 16.6. The van der Waals surface area contributed by atoms with Crippen LogP contribution in [0.25, 0.3) is 153 Å². The van der Waals surface area contributed by atoms with E-state index in [1.165, 1.54) is 163 Å². The van der Waals surface area contributed by atoms with Crippen molar-refractivity contribution in [1.29, 1.82) is 0 Å². The van der Waals surface area contributed by atoms with Gasteiger partial charge in [0.1, 0.15) is 8.07 Å². The van der Waals surface area contributed by atoms with Gasteiger partial charge >= 0.3 is 0 Å². The summed E-state index contributed by atoms with van der Waals surface area (Å²) >= 11 is 0.